The first-order valence-corrected chi connectivity index (χ1v) is 10.8. The number of methoxy groups -OCH3 is 1. The summed E-state index contributed by atoms with van der Waals surface area (Å²) in [6.07, 6.45) is 0. The zero-order chi connectivity index (χ0) is 22.1. The average molecular weight is 446 g/mol. The maximum atomic E-state index is 12.8. The fourth-order valence-electron chi connectivity index (χ4n) is 2.85. The van der Waals surface area contributed by atoms with Crippen molar-refractivity contribution in [3.63, 3.8) is 0 Å². The summed E-state index contributed by atoms with van der Waals surface area (Å²) in [6.45, 7) is 3.37. The lowest BCUT2D eigenvalue weighted by molar-refractivity contribution is 0.414. The van der Waals surface area contributed by atoms with Crippen molar-refractivity contribution in [2.45, 2.75) is 18.7 Å². The molecule has 0 aliphatic carbocycles. The normalized spacial score (nSPS) is 11.6. The van der Waals surface area contributed by atoms with Crippen molar-refractivity contribution in [2.24, 2.45) is 10.2 Å². The topological polar surface area (TPSA) is 130 Å². The molecule has 0 radical (unpaired) electrons. The van der Waals surface area contributed by atoms with Crippen LogP contribution in [-0.2, 0) is 9.05 Å². The van der Waals surface area contributed by atoms with Gasteiger partial charge in [-0.1, -0.05) is 18.2 Å². The Morgan fingerprint density at radius 3 is 2.47 bits per heavy atom. The van der Waals surface area contributed by atoms with Crippen molar-refractivity contribution in [3.05, 3.63) is 63.6 Å². The molecule has 0 unspecified atom stereocenters. The van der Waals surface area contributed by atoms with Crippen LogP contribution >= 0.6 is 10.7 Å². The van der Waals surface area contributed by atoms with Crippen molar-refractivity contribution < 1.29 is 13.2 Å². The van der Waals surface area contributed by atoms with Crippen molar-refractivity contribution in [1.29, 1.82) is 5.26 Å². The molecule has 0 saturated heterocycles. The number of hydrogen-bond acceptors (Lipinski definition) is 7. The molecule has 9 nitrogen and oxygen atoms in total. The lowest BCUT2D eigenvalue weighted by Gasteiger charge is -2.08. The van der Waals surface area contributed by atoms with E-state index in [0.29, 0.717) is 11.3 Å². The number of H-pyrrole nitrogens is 1. The van der Waals surface area contributed by atoms with Crippen LogP contribution in [0.5, 0.6) is 5.75 Å². The molecule has 0 atom stereocenters. The van der Waals surface area contributed by atoms with Crippen LogP contribution in [0.15, 0.2) is 56.3 Å². The van der Waals surface area contributed by atoms with Crippen LogP contribution in [0, 0.1) is 25.2 Å². The third kappa shape index (κ3) is 3.98. The molecule has 0 aliphatic heterocycles. The number of hydrogen-bond donors (Lipinski definition) is 1. The second kappa shape index (κ2) is 8.14. The van der Waals surface area contributed by atoms with Gasteiger partial charge in [-0.05, 0) is 37.1 Å². The highest BCUT2D eigenvalue weighted by Gasteiger charge is 2.19. The number of nitriles is 1. The number of azo groups is 1. The highest BCUT2D eigenvalue weighted by Crippen LogP contribution is 2.35. The number of rotatable bonds is 5. The van der Waals surface area contributed by atoms with Crippen LogP contribution < -0.4 is 10.3 Å². The van der Waals surface area contributed by atoms with E-state index >= 15 is 0 Å². The first-order chi connectivity index (χ1) is 14.2. The summed E-state index contributed by atoms with van der Waals surface area (Å²) in [7, 11) is 2.78. The minimum absolute atomic E-state index is 0.0670. The van der Waals surface area contributed by atoms with E-state index in [1.165, 1.54) is 30.8 Å². The molecule has 1 N–H and O–H groups in total. The number of nitrogens with one attached hydrogen (secondary N) is 1. The number of aryl methyl sites for hydroxylation is 2. The molecule has 0 fully saturated rings. The van der Waals surface area contributed by atoms with Crippen LogP contribution in [0.25, 0.3) is 5.69 Å². The van der Waals surface area contributed by atoms with E-state index in [-0.39, 0.29) is 27.7 Å². The van der Waals surface area contributed by atoms with Gasteiger partial charge < -0.3 is 4.74 Å². The van der Waals surface area contributed by atoms with E-state index in [1.54, 1.807) is 12.1 Å². The molecule has 0 saturated carbocycles. The van der Waals surface area contributed by atoms with Gasteiger partial charge in [0.05, 0.1) is 17.7 Å². The van der Waals surface area contributed by atoms with E-state index in [0.717, 1.165) is 5.56 Å². The maximum Gasteiger partial charge on any atom is 0.300 e. The summed E-state index contributed by atoms with van der Waals surface area (Å²) in [5.74, 6) is 0.0943. The lowest BCUT2D eigenvalue weighted by Crippen LogP contribution is -2.15. The van der Waals surface area contributed by atoms with Gasteiger partial charge in [0, 0.05) is 16.7 Å². The molecule has 1 heterocycles. The Hall–Kier alpha value is -3.42. The molecular weight excluding hydrogens is 430 g/mol. The molecule has 0 amide bonds. The molecule has 0 bridgehead atoms. The minimum atomic E-state index is -3.98. The summed E-state index contributed by atoms with van der Waals surface area (Å²) >= 11 is 0. The van der Waals surface area contributed by atoms with E-state index in [9.17, 15) is 18.5 Å². The summed E-state index contributed by atoms with van der Waals surface area (Å²) in [4.78, 5) is 12.7. The van der Waals surface area contributed by atoms with E-state index < -0.39 is 14.6 Å². The molecule has 0 spiro atoms. The van der Waals surface area contributed by atoms with Gasteiger partial charge in [0.25, 0.3) is 14.6 Å². The smallest absolute Gasteiger partial charge is 0.300 e. The molecule has 1 aromatic heterocycles. The standard InChI is InChI=1S/C19H16ClN5O4S/c1-11-6-4-5-7-15(11)25-19(26)18(14(10-21)24-25)23-22-13-8-12(2)17(30(20,27)28)9-16(13)29-3/h4-9,24H,1-3H3. The Balaban J connectivity index is 2.12. The quantitative estimate of drug-likeness (QED) is 0.468. The number of ether oxygens (including phenoxy) is 1. The van der Waals surface area contributed by atoms with Crippen molar-refractivity contribution in [1.82, 2.24) is 9.78 Å². The van der Waals surface area contributed by atoms with E-state index in [2.05, 4.69) is 15.3 Å². The average Bonchev–Trinajstić information content (AvgIpc) is 3.01. The first kappa shape index (κ1) is 21.3. The van der Waals surface area contributed by atoms with E-state index in [4.69, 9.17) is 15.4 Å². The fourth-order valence-corrected chi connectivity index (χ4v) is 4.04. The van der Waals surface area contributed by atoms with Crippen molar-refractivity contribution in [2.75, 3.05) is 7.11 Å². The van der Waals surface area contributed by atoms with Crippen LogP contribution in [0.2, 0.25) is 0 Å². The van der Waals surface area contributed by atoms with Gasteiger partial charge >= 0.3 is 0 Å². The second-order valence-electron chi connectivity index (χ2n) is 6.30. The minimum Gasteiger partial charge on any atom is -0.494 e. The fraction of sp³-hybridized carbons (Fsp3) is 0.158. The highest BCUT2D eigenvalue weighted by molar-refractivity contribution is 8.13. The number of aromatic nitrogens is 2. The first-order valence-electron chi connectivity index (χ1n) is 8.53. The van der Waals surface area contributed by atoms with Gasteiger partial charge in [-0.15, -0.1) is 10.2 Å². The van der Waals surface area contributed by atoms with Gasteiger partial charge in [-0.2, -0.15) is 5.26 Å². The Morgan fingerprint density at radius 2 is 1.87 bits per heavy atom. The number of benzene rings is 2. The number of para-hydroxylation sites is 1. The van der Waals surface area contributed by atoms with Gasteiger partial charge in [-0.25, -0.2) is 13.1 Å². The molecule has 2 aromatic carbocycles. The Labute approximate surface area is 176 Å². The van der Waals surface area contributed by atoms with Crippen molar-refractivity contribution >= 4 is 31.1 Å². The molecule has 3 aromatic rings. The molecule has 154 valence electrons. The van der Waals surface area contributed by atoms with Gasteiger partial charge in [0.1, 0.15) is 17.5 Å². The maximum absolute atomic E-state index is 12.8. The number of aromatic amines is 1. The monoisotopic (exact) mass is 445 g/mol. The predicted molar refractivity (Wildman–Crippen MR) is 111 cm³/mol. The van der Waals surface area contributed by atoms with Crippen LogP contribution in [0.1, 0.15) is 16.8 Å². The zero-order valence-corrected chi connectivity index (χ0v) is 17.7. The van der Waals surface area contributed by atoms with Crippen LogP contribution in [0.3, 0.4) is 0 Å². The summed E-state index contributed by atoms with van der Waals surface area (Å²) in [6, 6.07) is 11.7. The molecule has 11 heteroatoms. The zero-order valence-electron chi connectivity index (χ0n) is 16.2. The lowest BCUT2D eigenvalue weighted by atomic mass is 10.2. The Kier molecular flexibility index (Phi) is 5.78. The molecule has 0 aliphatic rings. The summed E-state index contributed by atoms with van der Waals surface area (Å²) in [5, 5.41) is 20.1. The highest BCUT2D eigenvalue weighted by atomic mass is 35.7. The molecule has 30 heavy (non-hydrogen) atoms. The predicted octanol–water partition coefficient (Wildman–Crippen LogP) is 4.01. The second-order valence-corrected chi connectivity index (χ2v) is 8.84. The Bertz CT molecular complexity index is 1370. The van der Waals surface area contributed by atoms with Crippen molar-refractivity contribution in [3.8, 4) is 17.5 Å². The van der Waals surface area contributed by atoms with Crippen LogP contribution in [-0.4, -0.2) is 25.3 Å². The van der Waals surface area contributed by atoms with Crippen LogP contribution in [0.4, 0.5) is 11.4 Å². The Morgan fingerprint density at radius 1 is 1.17 bits per heavy atom. The molecule has 3 rings (SSSR count). The van der Waals surface area contributed by atoms with Gasteiger partial charge in [-0.3, -0.25) is 9.89 Å². The third-order valence-electron chi connectivity index (χ3n) is 4.33. The molecular formula is C19H16ClN5O4S. The largest absolute Gasteiger partial charge is 0.494 e. The van der Waals surface area contributed by atoms with Gasteiger partial charge in [0.2, 0.25) is 0 Å². The SMILES string of the molecule is COc1cc(S(=O)(=O)Cl)c(C)cc1N=Nc1c(C#N)[nH]n(-c2ccccc2C)c1=O. The summed E-state index contributed by atoms with van der Waals surface area (Å²) in [5.41, 5.74) is 1.09. The van der Waals surface area contributed by atoms with Gasteiger partial charge in [0.15, 0.2) is 11.4 Å². The van der Waals surface area contributed by atoms with E-state index in [1.807, 2.05) is 25.1 Å². The third-order valence-corrected chi connectivity index (χ3v) is 5.79. The summed E-state index contributed by atoms with van der Waals surface area (Å²) < 4.78 is 29.7. The number of halogens is 1. The number of nitrogens with zero attached hydrogens (tertiary/aromatic N) is 4.